The summed E-state index contributed by atoms with van der Waals surface area (Å²) < 4.78 is 38.0. The molecule has 2 atom stereocenters. The normalized spacial score (nSPS) is 14.0. The first-order chi connectivity index (χ1) is 21.3. The van der Waals surface area contributed by atoms with Crippen LogP contribution in [0.3, 0.4) is 0 Å². The molecular weight excluding hydrogens is 619 g/mol. The number of methoxy groups -OCH3 is 1. The van der Waals surface area contributed by atoms with E-state index in [1.54, 1.807) is 25.4 Å². The van der Waals surface area contributed by atoms with Crippen LogP contribution >= 0.6 is 0 Å². The van der Waals surface area contributed by atoms with E-state index >= 15 is 0 Å². The van der Waals surface area contributed by atoms with E-state index in [-0.39, 0.29) is 6.73 Å². The smallest absolute Gasteiger partial charge is 0.419 e. The molecule has 46 heavy (non-hydrogen) atoms. The lowest BCUT2D eigenvalue weighted by molar-refractivity contribution is 0.0544. The number of benzene rings is 2. The van der Waals surface area contributed by atoms with Crippen LogP contribution in [0.4, 0.5) is 4.79 Å². The third-order valence-corrected chi connectivity index (χ3v) is 10.7. The summed E-state index contributed by atoms with van der Waals surface area (Å²) in [5.74, 6) is 1.09. The molecule has 2 unspecified atom stereocenters. The van der Waals surface area contributed by atoms with Crippen molar-refractivity contribution in [2.45, 2.75) is 97.3 Å². The Morgan fingerprint density at radius 1 is 1.13 bits per heavy atom. The quantitative estimate of drug-likeness (QED) is 0.138. The van der Waals surface area contributed by atoms with E-state index in [2.05, 4.69) is 30.4 Å². The molecule has 2 heterocycles. The van der Waals surface area contributed by atoms with Gasteiger partial charge < -0.3 is 18.8 Å². The zero-order valence-electron chi connectivity index (χ0n) is 28.9. The van der Waals surface area contributed by atoms with Crippen LogP contribution in [0.25, 0.3) is 21.9 Å². The van der Waals surface area contributed by atoms with E-state index < -0.39 is 41.5 Å². The minimum atomic E-state index is -1.54. The van der Waals surface area contributed by atoms with Crippen molar-refractivity contribution in [2.75, 3.05) is 13.7 Å². The SMILES string of the molecule is COc1cc(C)c2c(ccn2C(=O)OC(C)(C)C)c1C(NS(=O)C(C)(C)C)c1nc2ccc(C#N)cc2n1COCC[Si](C)(C)C. The molecule has 0 saturated carbocycles. The Labute approximate surface area is 275 Å². The number of fused-ring (bicyclic) bond motifs is 2. The average Bonchev–Trinajstić information content (AvgIpc) is 3.54. The number of hydrogen-bond acceptors (Lipinski definition) is 7. The Bertz CT molecular complexity index is 1820. The van der Waals surface area contributed by atoms with Crippen molar-refractivity contribution < 1.29 is 23.2 Å². The highest BCUT2D eigenvalue weighted by Crippen LogP contribution is 2.40. The van der Waals surface area contributed by atoms with E-state index in [4.69, 9.17) is 19.2 Å². The third-order valence-electron chi connectivity index (χ3n) is 7.42. The summed E-state index contributed by atoms with van der Waals surface area (Å²) in [5.41, 5.74) is 3.33. The van der Waals surface area contributed by atoms with Crippen LogP contribution in [0, 0.1) is 18.3 Å². The summed E-state index contributed by atoms with van der Waals surface area (Å²) >= 11 is 0. The van der Waals surface area contributed by atoms with Gasteiger partial charge in [-0.25, -0.2) is 18.7 Å². The maximum absolute atomic E-state index is 13.9. The lowest BCUT2D eigenvalue weighted by atomic mass is 9.98. The molecule has 12 heteroatoms. The molecule has 10 nitrogen and oxygen atoms in total. The predicted octanol–water partition coefficient (Wildman–Crippen LogP) is 7.42. The van der Waals surface area contributed by atoms with Gasteiger partial charge in [0.1, 0.15) is 29.9 Å². The maximum Gasteiger partial charge on any atom is 0.419 e. The van der Waals surface area contributed by atoms with Crippen molar-refractivity contribution in [3.05, 3.63) is 59.0 Å². The Morgan fingerprint density at radius 3 is 2.41 bits per heavy atom. The molecule has 0 fully saturated rings. The van der Waals surface area contributed by atoms with Gasteiger partial charge in [-0.3, -0.25) is 4.57 Å². The fraction of sp³-hybridized carbons (Fsp3) is 0.500. The van der Waals surface area contributed by atoms with E-state index in [9.17, 15) is 14.3 Å². The monoisotopic (exact) mass is 665 g/mol. The highest BCUT2D eigenvalue weighted by Gasteiger charge is 2.33. The molecule has 4 aromatic rings. The van der Waals surface area contributed by atoms with Gasteiger partial charge in [0.15, 0.2) is 0 Å². The van der Waals surface area contributed by atoms with Crippen LogP contribution in [0.15, 0.2) is 36.5 Å². The summed E-state index contributed by atoms with van der Waals surface area (Å²) in [7, 11) is -1.30. The molecular formula is C34H47N5O5SSi. The number of carbonyl (C=O) groups excluding carboxylic acids is 1. The fourth-order valence-electron chi connectivity index (χ4n) is 5.08. The number of nitrogens with one attached hydrogen (secondary N) is 1. The molecule has 0 aliphatic heterocycles. The van der Waals surface area contributed by atoms with Crippen molar-refractivity contribution in [3.8, 4) is 11.8 Å². The van der Waals surface area contributed by atoms with Crippen molar-refractivity contribution >= 4 is 47.1 Å². The Hall–Kier alpha value is -3.50. The van der Waals surface area contributed by atoms with Crippen molar-refractivity contribution in [1.82, 2.24) is 18.8 Å². The summed E-state index contributed by atoms with van der Waals surface area (Å²) in [6.45, 7) is 20.7. The zero-order chi connectivity index (χ0) is 34.2. The lowest BCUT2D eigenvalue weighted by Crippen LogP contribution is -2.37. The van der Waals surface area contributed by atoms with E-state index in [1.165, 1.54) is 4.57 Å². The number of aromatic nitrogens is 3. The van der Waals surface area contributed by atoms with Crippen molar-refractivity contribution in [3.63, 3.8) is 0 Å². The number of carbonyl (C=O) groups is 1. The first kappa shape index (κ1) is 35.4. The molecule has 1 N–H and O–H groups in total. The second-order valence-electron chi connectivity index (χ2n) is 14.7. The van der Waals surface area contributed by atoms with Gasteiger partial charge in [0.05, 0.1) is 51.0 Å². The predicted molar refractivity (Wildman–Crippen MR) is 186 cm³/mol. The Morgan fingerprint density at radius 2 is 1.83 bits per heavy atom. The van der Waals surface area contributed by atoms with Gasteiger partial charge in [-0.05, 0) is 90.4 Å². The van der Waals surface area contributed by atoms with Gasteiger partial charge in [-0.2, -0.15) is 5.26 Å². The van der Waals surface area contributed by atoms with Crippen LogP contribution in [0.2, 0.25) is 25.7 Å². The molecule has 4 rings (SSSR count). The van der Waals surface area contributed by atoms with Gasteiger partial charge in [-0.15, -0.1) is 0 Å². The minimum Gasteiger partial charge on any atom is -0.496 e. The fourth-order valence-corrected chi connectivity index (χ4v) is 6.63. The van der Waals surface area contributed by atoms with Crippen molar-refractivity contribution in [2.24, 2.45) is 0 Å². The molecule has 0 saturated heterocycles. The lowest BCUT2D eigenvalue weighted by Gasteiger charge is -2.27. The number of rotatable bonds is 10. The van der Waals surface area contributed by atoms with Crippen LogP contribution in [0.5, 0.6) is 5.75 Å². The van der Waals surface area contributed by atoms with Gasteiger partial charge in [-0.1, -0.05) is 19.6 Å². The second-order valence-corrected chi connectivity index (χ2v) is 22.4. The van der Waals surface area contributed by atoms with Gasteiger partial charge in [0.25, 0.3) is 0 Å². The van der Waals surface area contributed by atoms with E-state index in [1.807, 2.05) is 71.2 Å². The zero-order valence-corrected chi connectivity index (χ0v) is 30.7. The minimum absolute atomic E-state index is 0.182. The highest BCUT2D eigenvalue weighted by molar-refractivity contribution is 7.84. The molecule has 0 bridgehead atoms. The van der Waals surface area contributed by atoms with Gasteiger partial charge >= 0.3 is 6.09 Å². The van der Waals surface area contributed by atoms with E-state index in [0.29, 0.717) is 40.3 Å². The molecule has 0 aliphatic carbocycles. The molecule has 248 valence electrons. The molecule has 0 amide bonds. The maximum atomic E-state index is 13.9. The number of nitrogens with zero attached hydrogens (tertiary/aromatic N) is 4. The summed E-state index contributed by atoms with van der Waals surface area (Å²) in [6.07, 6.45) is 1.19. The molecule has 0 radical (unpaired) electrons. The number of hydrogen-bond donors (Lipinski definition) is 1. The third kappa shape index (κ3) is 7.89. The summed E-state index contributed by atoms with van der Waals surface area (Å²) in [5, 5.41) is 10.4. The summed E-state index contributed by atoms with van der Waals surface area (Å²) in [4.78, 5) is 18.4. The number of nitriles is 1. The topological polar surface area (TPSA) is 120 Å². The largest absolute Gasteiger partial charge is 0.496 e. The van der Waals surface area contributed by atoms with Crippen LogP contribution in [-0.4, -0.2) is 56.6 Å². The van der Waals surface area contributed by atoms with E-state index in [0.717, 1.165) is 22.5 Å². The molecule has 0 aliphatic rings. The first-order valence-electron chi connectivity index (χ1n) is 15.4. The standard InChI is InChI=1S/C34H47N5O5SSi/c1-22-18-27(42-8)28(24-14-15-38(30(22)24)32(40)44-33(2,3)4)29(37-45(41)34(5,6)7)31-36-25-13-12-23(20-35)19-26(25)39(31)21-43-16-17-46(9,10)11/h12-15,18-19,29,37H,16-17,21H2,1-11H3. The Kier molecular flexibility index (Phi) is 10.2. The van der Waals surface area contributed by atoms with Gasteiger partial charge in [0, 0.05) is 31.8 Å². The highest BCUT2D eigenvalue weighted by atomic mass is 32.2. The molecule has 2 aromatic carbocycles. The van der Waals surface area contributed by atoms with Gasteiger partial charge in [0.2, 0.25) is 0 Å². The molecule has 0 spiro atoms. The van der Waals surface area contributed by atoms with Crippen molar-refractivity contribution in [1.29, 1.82) is 5.26 Å². The van der Waals surface area contributed by atoms with Crippen LogP contribution in [-0.2, 0) is 27.2 Å². The summed E-state index contributed by atoms with van der Waals surface area (Å²) in [6, 6.07) is 11.5. The average molecular weight is 666 g/mol. The Balaban J connectivity index is 2.00. The van der Waals surface area contributed by atoms with Crippen LogP contribution < -0.4 is 9.46 Å². The molecule has 2 aromatic heterocycles. The first-order valence-corrected chi connectivity index (χ1v) is 20.3. The van der Waals surface area contributed by atoms with Crippen LogP contribution in [0.1, 0.15) is 70.1 Å². The number of ether oxygens (including phenoxy) is 3. The number of aryl methyl sites for hydroxylation is 1. The number of imidazole rings is 1. The second kappa shape index (κ2) is 13.3.